The Bertz CT molecular complexity index is 587. The third-order valence-corrected chi connectivity index (χ3v) is 4.32. The average Bonchev–Trinajstić information content (AvgIpc) is 2.95. The zero-order chi connectivity index (χ0) is 15.4. The summed E-state index contributed by atoms with van der Waals surface area (Å²) in [4.78, 5) is 10.9. The largest absolute Gasteiger partial charge is 0.497 e. The fraction of sp³-hybridized carbons (Fsp3) is 0.412. The van der Waals surface area contributed by atoms with E-state index in [2.05, 4.69) is 39.4 Å². The molecule has 0 spiro atoms. The van der Waals surface area contributed by atoms with Gasteiger partial charge in [-0.2, -0.15) is 0 Å². The number of rotatable bonds is 5. The molecular weight excluding hydrogens is 276 g/mol. The summed E-state index contributed by atoms with van der Waals surface area (Å²) >= 11 is 0. The third kappa shape index (κ3) is 3.20. The van der Waals surface area contributed by atoms with Crippen LogP contribution in [-0.2, 0) is 0 Å². The van der Waals surface area contributed by atoms with Gasteiger partial charge in [0.15, 0.2) is 0 Å². The Balaban J connectivity index is 1.70. The summed E-state index contributed by atoms with van der Waals surface area (Å²) in [7, 11) is 3.89. The molecule has 3 rings (SSSR count). The van der Waals surface area contributed by atoms with Gasteiger partial charge < -0.3 is 10.1 Å². The molecule has 0 saturated carbocycles. The van der Waals surface area contributed by atoms with Crippen LogP contribution in [0.25, 0.3) is 0 Å². The van der Waals surface area contributed by atoms with Crippen LogP contribution < -0.4 is 10.1 Å². The van der Waals surface area contributed by atoms with E-state index in [-0.39, 0.29) is 0 Å². The molecule has 0 amide bonds. The van der Waals surface area contributed by atoms with Crippen LogP contribution in [0.3, 0.4) is 0 Å². The number of nitrogens with zero attached hydrogens (tertiary/aromatic N) is 3. The minimum absolute atomic E-state index is 0.419. The number of hydrogen-bond acceptors (Lipinski definition) is 5. The summed E-state index contributed by atoms with van der Waals surface area (Å²) < 4.78 is 5.25. The molecule has 0 radical (unpaired) electrons. The van der Waals surface area contributed by atoms with Crippen LogP contribution in [-0.4, -0.2) is 42.1 Å². The number of ether oxygens (including phenoxy) is 1. The number of aromatic nitrogens is 2. The summed E-state index contributed by atoms with van der Waals surface area (Å²) in [5.74, 6) is 2.14. The lowest BCUT2D eigenvalue weighted by molar-refractivity contribution is 0.281. The molecule has 22 heavy (non-hydrogen) atoms. The lowest BCUT2D eigenvalue weighted by atomic mass is 9.93. The lowest BCUT2D eigenvalue weighted by Gasteiger charge is -2.26. The van der Waals surface area contributed by atoms with Crippen molar-refractivity contribution in [1.29, 1.82) is 0 Å². The van der Waals surface area contributed by atoms with E-state index in [9.17, 15) is 0 Å². The molecule has 1 fully saturated rings. The van der Waals surface area contributed by atoms with E-state index in [1.54, 1.807) is 19.5 Å². The van der Waals surface area contributed by atoms with Crippen molar-refractivity contribution in [3.8, 4) is 5.75 Å². The Morgan fingerprint density at radius 1 is 1.23 bits per heavy atom. The van der Waals surface area contributed by atoms with E-state index in [0.29, 0.717) is 17.9 Å². The highest BCUT2D eigenvalue weighted by Crippen LogP contribution is 2.36. The maximum Gasteiger partial charge on any atom is 0.222 e. The van der Waals surface area contributed by atoms with Crippen molar-refractivity contribution in [3.63, 3.8) is 0 Å². The molecule has 1 aliphatic rings. The van der Waals surface area contributed by atoms with Crippen LogP contribution in [0.1, 0.15) is 18.0 Å². The molecule has 2 unspecified atom stereocenters. The normalized spacial score (nSPS) is 21.7. The van der Waals surface area contributed by atoms with Crippen molar-refractivity contribution in [2.75, 3.05) is 32.6 Å². The van der Waals surface area contributed by atoms with Crippen molar-refractivity contribution >= 4 is 5.95 Å². The third-order valence-electron chi connectivity index (χ3n) is 4.32. The predicted octanol–water partition coefficient (Wildman–Crippen LogP) is 2.59. The monoisotopic (exact) mass is 298 g/mol. The van der Waals surface area contributed by atoms with Crippen LogP contribution in [0.2, 0.25) is 0 Å². The van der Waals surface area contributed by atoms with Crippen LogP contribution in [0.15, 0.2) is 42.7 Å². The summed E-state index contributed by atoms with van der Waals surface area (Å²) in [6.07, 6.45) is 4.70. The first kappa shape index (κ1) is 14.8. The molecule has 0 bridgehead atoms. The Morgan fingerprint density at radius 2 is 1.95 bits per heavy atom. The van der Waals surface area contributed by atoms with Gasteiger partial charge in [0.05, 0.1) is 7.11 Å². The van der Waals surface area contributed by atoms with Gasteiger partial charge >= 0.3 is 0 Å². The Kier molecular flexibility index (Phi) is 4.53. The van der Waals surface area contributed by atoms with Crippen LogP contribution in [0.5, 0.6) is 5.75 Å². The van der Waals surface area contributed by atoms with Gasteiger partial charge in [-0.3, -0.25) is 4.90 Å². The van der Waals surface area contributed by atoms with Crippen molar-refractivity contribution in [3.05, 3.63) is 48.3 Å². The second-order valence-corrected chi connectivity index (χ2v) is 5.70. The van der Waals surface area contributed by atoms with Gasteiger partial charge in [0.1, 0.15) is 5.75 Å². The number of anilines is 1. The highest BCUT2D eigenvalue weighted by molar-refractivity contribution is 5.31. The molecule has 5 heteroatoms. The van der Waals surface area contributed by atoms with E-state index in [0.717, 1.165) is 18.8 Å². The van der Waals surface area contributed by atoms with Gasteiger partial charge in [0, 0.05) is 25.0 Å². The number of methoxy groups -OCH3 is 1. The second kappa shape index (κ2) is 6.75. The maximum atomic E-state index is 5.25. The molecule has 0 aliphatic carbocycles. The van der Waals surface area contributed by atoms with Gasteiger partial charge in [-0.25, -0.2) is 9.97 Å². The predicted molar refractivity (Wildman–Crippen MR) is 87.0 cm³/mol. The van der Waals surface area contributed by atoms with Gasteiger partial charge in [0.2, 0.25) is 5.95 Å². The average molecular weight is 298 g/mol. The highest BCUT2D eigenvalue weighted by atomic mass is 16.5. The lowest BCUT2D eigenvalue weighted by Crippen LogP contribution is -2.25. The van der Waals surface area contributed by atoms with Crippen molar-refractivity contribution < 1.29 is 4.74 Å². The van der Waals surface area contributed by atoms with Crippen molar-refractivity contribution in [1.82, 2.24) is 14.9 Å². The molecule has 2 heterocycles. The SMILES string of the molecule is COc1ccc(C2C(CNc3ncccn3)CCN2C)cc1. The molecule has 1 aliphatic heterocycles. The summed E-state index contributed by atoms with van der Waals surface area (Å²) in [6.45, 7) is 1.99. The first-order chi connectivity index (χ1) is 10.8. The summed E-state index contributed by atoms with van der Waals surface area (Å²) in [5.41, 5.74) is 1.33. The van der Waals surface area contributed by atoms with Gasteiger partial charge in [-0.1, -0.05) is 12.1 Å². The van der Waals surface area contributed by atoms with Crippen LogP contribution in [0, 0.1) is 5.92 Å². The molecular formula is C17H22N4O. The zero-order valence-electron chi connectivity index (χ0n) is 13.1. The van der Waals surface area contributed by atoms with E-state index in [1.165, 1.54) is 12.0 Å². The summed E-state index contributed by atoms with van der Waals surface area (Å²) in [6, 6.07) is 10.6. The minimum Gasteiger partial charge on any atom is -0.497 e. The summed E-state index contributed by atoms with van der Waals surface area (Å²) in [5, 5.41) is 3.36. The fourth-order valence-electron chi connectivity index (χ4n) is 3.18. The van der Waals surface area contributed by atoms with Crippen LogP contribution >= 0.6 is 0 Å². The maximum absolute atomic E-state index is 5.25. The van der Waals surface area contributed by atoms with Crippen molar-refractivity contribution in [2.45, 2.75) is 12.5 Å². The fourth-order valence-corrected chi connectivity index (χ4v) is 3.18. The first-order valence-corrected chi connectivity index (χ1v) is 7.63. The Hall–Kier alpha value is -2.14. The quantitative estimate of drug-likeness (QED) is 0.919. The topological polar surface area (TPSA) is 50.3 Å². The molecule has 1 aromatic carbocycles. The molecule has 2 aromatic rings. The number of benzene rings is 1. The molecule has 1 N–H and O–H groups in total. The highest BCUT2D eigenvalue weighted by Gasteiger charge is 2.32. The molecule has 2 atom stereocenters. The zero-order valence-corrected chi connectivity index (χ0v) is 13.1. The number of nitrogens with one attached hydrogen (secondary N) is 1. The van der Waals surface area contributed by atoms with Gasteiger partial charge in [-0.15, -0.1) is 0 Å². The second-order valence-electron chi connectivity index (χ2n) is 5.70. The molecule has 1 aromatic heterocycles. The standard InChI is InChI=1S/C17H22N4O/c1-21-11-8-14(12-20-17-18-9-3-10-19-17)16(21)13-4-6-15(22-2)7-5-13/h3-7,9-10,14,16H,8,11-12H2,1-2H3,(H,18,19,20). The van der Waals surface area contributed by atoms with Gasteiger partial charge in [0.25, 0.3) is 0 Å². The van der Waals surface area contributed by atoms with E-state index < -0.39 is 0 Å². The number of likely N-dealkylation sites (tertiary alicyclic amines) is 1. The Labute approximate surface area is 131 Å². The first-order valence-electron chi connectivity index (χ1n) is 7.63. The van der Waals surface area contributed by atoms with Crippen molar-refractivity contribution in [2.24, 2.45) is 5.92 Å². The van der Waals surface area contributed by atoms with Gasteiger partial charge in [-0.05, 0) is 49.7 Å². The van der Waals surface area contributed by atoms with E-state index in [4.69, 9.17) is 4.74 Å². The smallest absolute Gasteiger partial charge is 0.222 e. The Morgan fingerprint density at radius 3 is 2.64 bits per heavy atom. The van der Waals surface area contributed by atoms with Crippen LogP contribution in [0.4, 0.5) is 5.95 Å². The molecule has 1 saturated heterocycles. The number of hydrogen-bond donors (Lipinski definition) is 1. The molecule has 5 nitrogen and oxygen atoms in total. The minimum atomic E-state index is 0.419. The van der Waals surface area contributed by atoms with E-state index >= 15 is 0 Å². The molecule has 116 valence electrons. The van der Waals surface area contributed by atoms with E-state index in [1.807, 2.05) is 18.2 Å².